The van der Waals surface area contributed by atoms with Crippen LogP contribution < -0.4 is 10.2 Å². The Morgan fingerprint density at radius 3 is 2.63 bits per heavy atom. The van der Waals surface area contributed by atoms with Crippen LogP contribution in [0, 0.1) is 18.3 Å². The summed E-state index contributed by atoms with van der Waals surface area (Å²) in [4.78, 5) is 22.3. The molecule has 1 aliphatic carbocycles. The van der Waals surface area contributed by atoms with Crippen molar-refractivity contribution in [1.82, 2.24) is 9.88 Å². The molecule has 0 radical (unpaired) electrons. The Hall–Kier alpha value is -3.11. The lowest BCUT2D eigenvalue weighted by atomic mass is 9.82. The SMILES string of the molecule is Cc1ccc(NC(=O)N2CCN(c3nc(C4CCCCC4)c4c(c3C#N)CCOC4)CC2C)cc1. The second-order valence-electron chi connectivity index (χ2n) is 10.2. The van der Waals surface area contributed by atoms with Gasteiger partial charge in [-0.25, -0.2) is 9.78 Å². The third-order valence-electron chi connectivity index (χ3n) is 7.76. The van der Waals surface area contributed by atoms with E-state index in [2.05, 4.69) is 23.2 Å². The fourth-order valence-corrected chi connectivity index (χ4v) is 5.81. The molecule has 1 saturated heterocycles. The summed E-state index contributed by atoms with van der Waals surface area (Å²) >= 11 is 0. The number of rotatable bonds is 3. The molecule has 184 valence electrons. The molecule has 5 rings (SSSR count). The first kappa shape index (κ1) is 23.6. The van der Waals surface area contributed by atoms with Gasteiger partial charge in [0.15, 0.2) is 0 Å². The van der Waals surface area contributed by atoms with Crippen molar-refractivity contribution in [3.05, 3.63) is 52.2 Å². The van der Waals surface area contributed by atoms with E-state index >= 15 is 0 Å². The molecular weight excluding hydrogens is 438 g/mol. The van der Waals surface area contributed by atoms with Crippen molar-refractivity contribution in [2.24, 2.45) is 0 Å². The molecule has 7 heteroatoms. The zero-order valence-corrected chi connectivity index (χ0v) is 20.8. The lowest BCUT2D eigenvalue weighted by Crippen LogP contribution is -2.55. The fourth-order valence-electron chi connectivity index (χ4n) is 5.81. The number of aromatic nitrogens is 1. The van der Waals surface area contributed by atoms with E-state index in [9.17, 15) is 10.1 Å². The van der Waals surface area contributed by atoms with Crippen LogP contribution in [0.15, 0.2) is 24.3 Å². The number of nitrogens with zero attached hydrogens (tertiary/aromatic N) is 4. The summed E-state index contributed by atoms with van der Waals surface area (Å²) in [5, 5.41) is 13.2. The molecule has 1 saturated carbocycles. The highest BCUT2D eigenvalue weighted by Crippen LogP contribution is 2.39. The summed E-state index contributed by atoms with van der Waals surface area (Å²) in [6.45, 7) is 7.22. The van der Waals surface area contributed by atoms with Gasteiger partial charge < -0.3 is 19.9 Å². The van der Waals surface area contributed by atoms with Crippen LogP contribution in [0.2, 0.25) is 0 Å². The Kier molecular flexibility index (Phi) is 6.92. The molecule has 1 aromatic carbocycles. The molecular formula is C28H35N5O2. The molecule has 2 amide bonds. The number of benzene rings is 1. The van der Waals surface area contributed by atoms with Crippen molar-refractivity contribution in [3.63, 3.8) is 0 Å². The van der Waals surface area contributed by atoms with Gasteiger partial charge in [-0.3, -0.25) is 0 Å². The van der Waals surface area contributed by atoms with Crippen molar-refractivity contribution in [2.75, 3.05) is 36.5 Å². The number of ether oxygens (including phenoxy) is 1. The van der Waals surface area contributed by atoms with Gasteiger partial charge in [0.2, 0.25) is 0 Å². The number of anilines is 2. The summed E-state index contributed by atoms with van der Waals surface area (Å²) in [6, 6.07) is 10.3. The molecule has 1 aromatic heterocycles. The van der Waals surface area contributed by atoms with Gasteiger partial charge in [-0.2, -0.15) is 5.26 Å². The molecule has 3 heterocycles. The van der Waals surface area contributed by atoms with Gasteiger partial charge in [-0.1, -0.05) is 37.0 Å². The normalized spacial score (nSPS) is 20.8. The van der Waals surface area contributed by atoms with Gasteiger partial charge in [0.25, 0.3) is 0 Å². The second kappa shape index (κ2) is 10.2. The number of carbonyl (C=O) groups excluding carboxylic acids is 1. The van der Waals surface area contributed by atoms with Crippen LogP contribution in [0.5, 0.6) is 0 Å². The summed E-state index contributed by atoms with van der Waals surface area (Å²) in [5.41, 5.74) is 6.12. The fraction of sp³-hybridized carbons (Fsp3) is 0.536. The summed E-state index contributed by atoms with van der Waals surface area (Å²) < 4.78 is 5.81. The van der Waals surface area contributed by atoms with Gasteiger partial charge in [-0.15, -0.1) is 0 Å². The Labute approximate surface area is 208 Å². The highest BCUT2D eigenvalue weighted by atomic mass is 16.5. The quantitative estimate of drug-likeness (QED) is 0.669. The maximum atomic E-state index is 13.0. The first-order chi connectivity index (χ1) is 17.0. The number of nitriles is 1. The number of nitrogens with one attached hydrogen (secondary N) is 1. The van der Waals surface area contributed by atoms with E-state index < -0.39 is 0 Å². The predicted molar refractivity (Wildman–Crippen MR) is 137 cm³/mol. The third-order valence-corrected chi connectivity index (χ3v) is 7.76. The minimum Gasteiger partial charge on any atom is -0.376 e. The number of urea groups is 1. The lowest BCUT2D eigenvalue weighted by Gasteiger charge is -2.41. The van der Waals surface area contributed by atoms with E-state index in [1.54, 1.807) is 0 Å². The smallest absolute Gasteiger partial charge is 0.322 e. The Morgan fingerprint density at radius 2 is 1.91 bits per heavy atom. The molecule has 0 spiro atoms. The number of aryl methyl sites for hydroxylation is 1. The Morgan fingerprint density at radius 1 is 1.14 bits per heavy atom. The van der Waals surface area contributed by atoms with Crippen LogP contribution in [0.1, 0.15) is 72.9 Å². The van der Waals surface area contributed by atoms with Gasteiger partial charge in [0, 0.05) is 42.8 Å². The zero-order chi connectivity index (χ0) is 24.4. The average molecular weight is 474 g/mol. The zero-order valence-electron chi connectivity index (χ0n) is 20.8. The standard InChI is InChI=1S/C28H35N5O2/c1-19-8-10-22(11-9-19)30-28(34)33-14-13-32(17-20(33)2)27-24(16-29)23-12-15-35-18-25(23)26(31-27)21-6-4-3-5-7-21/h8-11,20-21H,3-7,12-15,17-18H2,1-2H3,(H,30,34). The molecule has 7 nitrogen and oxygen atoms in total. The Balaban J connectivity index is 1.38. The molecule has 1 unspecified atom stereocenters. The van der Waals surface area contributed by atoms with Crippen LogP contribution >= 0.6 is 0 Å². The van der Waals surface area contributed by atoms with E-state index in [0.717, 1.165) is 53.2 Å². The number of amides is 2. The van der Waals surface area contributed by atoms with Crippen LogP contribution in [-0.2, 0) is 17.8 Å². The van der Waals surface area contributed by atoms with E-state index in [0.29, 0.717) is 44.3 Å². The number of fused-ring (bicyclic) bond motifs is 1. The average Bonchev–Trinajstić information content (AvgIpc) is 2.89. The van der Waals surface area contributed by atoms with Gasteiger partial charge in [0.05, 0.1) is 24.5 Å². The van der Waals surface area contributed by atoms with E-state index in [1.165, 1.54) is 19.3 Å². The van der Waals surface area contributed by atoms with Crippen molar-refractivity contribution < 1.29 is 9.53 Å². The lowest BCUT2D eigenvalue weighted by molar-refractivity contribution is 0.109. The second-order valence-corrected chi connectivity index (χ2v) is 10.2. The van der Waals surface area contributed by atoms with Crippen molar-refractivity contribution in [1.29, 1.82) is 5.26 Å². The molecule has 1 atom stereocenters. The number of carbonyl (C=O) groups is 1. The molecule has 35 heavy (non-hydrogen) atoms. The van der Waals surface area contributed by atoms with E-state index in [4.69, 9.17) is 9.72 Å². The Bertz CT molecular complexity index is 1120. The maximum Gasteiger partial charge on any atom is 0.322 e. The van der Waals surface area contributed by atoms with Crippen molar-refractivity contribution in [2.45, 2.75) is 70.9 Å². The van der Waals surface area contributed by atoms with Crippen LogP contribution in [-0.4, -0.2) is 48.2 Å². The molecule has 3 aliphatic rings. The van der Waals surface area contributed by atoms with Crippen LogP contribution in [0.25, 0.3) is 0 Å². The molecule has 2 fully saturated rings. The van der Waals surface area contributed by atoms with Crippen molar-refractivity contribution >= 4 is 17.5 Å². The topological polar surface area (TPSA) is 81.5 Å². The number of piperazine rings is 1. The minimum absolute atomic E-state index is 0.0000347. The first-order valence-electron chi connectivity index (χ1n) is 13.0. The highest BCUT2D eigenvalue weighted by Gasteiger charge is 2.33. The molecule has 2 aromatic rings. The predicted octanol–water partition coefficient (Wildman–Crippen LogP) is 5.12. The molecule has 0 bridgehead atoms. The number of pyridine rings is 1. The van der Waals surface area contributed by atoms with Crippen LogP contribution in [0.3, 0.4) is 0 Å². The van der Waals surface area contributed by atoms with Gasteiger partial charge in [-0.05, 0) is 50.8 Å². The summed E-state index contributed by atoms with van der Waals surface area (Å²) in [6.07, 6.45) is 6.86. The third kappa shape index (κ3) is 4.85. The number of hydrogen-bond acceptors (Lipinski definition) is 5. The van der Waals surface area contributed by atoms with Gasteiger partial charge >= 0.3 is 6.03 Å². The maximum absolute atomic E-state index is 13.0. The minimum atomic E-state index is -0.0834. The monoisotopic (exact) mass is 473 g/mol. The van der Waals surface area contributed by atoms with Crippen LogP contribution in [0.4, 0.5) is 16.3 Å². The number of hydrogen-bond donors (Lipinski definition) is 1. The highest BCUT2D eigenvalue weighted by molar-refractivity contribution is 5.89. The largest absolute Gasteiger partial charge is 0.376 e. The molecule has 1 N–H and O–H groups in total. The summed E-state index contributed by atoms with van der Waals surface area (Å²) in [5.74, 6) is 1.25. The van der Waals surface area contributed by atoms with E-state index in [1.807, 2.05) is 36.1 Å². The van der Waals surface area contributed by atoms with Crippen molar-refractivity contribution in [3.8, 4) is 6.07 Å². The molecule has 2 aliphatic heterocycles. The van der Waals surface area contributed by atoms with Gasteiger partial charge in [0.1, 0.15) is 11.9 Å². The van der Waals surface area contributed by atoms with E-state index in [-0.39, 0.29) is 12.1 Å². The first-order valence-corrected chi connectivity index (χ1v) is 13.0. The summed E-state index contributed by atoms with van der Waals surface area (Å²) in [7, 11) is 0.